The van der Waals surface area contributed by atoms with Crippen molar-refractivity contribution in [1.82, 2.24) is 14.2 Å². The van der Waals surface area contributed by atoms with Crippen molar-refractivity contribution in [2.24, 2.45) is 10.2 Å². The maximum absolute atomic E-state index is 14.2. The molecular weight excluding hydrogens is 981 g/mol. The van der Waals surface area contributed by atoms with E-state index in [0.29, 0.717) is 47.9 Å². The predicted molar refractivity (Wildman–Crippen MR) is 267 cm³/mol. The zero-order chi connectivity index (χ0) is 49.5. The van der Waals surface area contributed by atoms with Crippen molar-refractivity contribution < 1.29 is 45.0 Å². The number of sulfonamides is 3. The number of aromatic nitrogens is 3. The Morgan fingerprint density at radius 2 is 1.40 bits per heavy atom. The minimum Gasteiger partial charge on any atom is -0.506 e. The second kappa shape index (κ2) is 18.7. The van der Waals surface area contributed by atoms with Crippen molar-refractivity contribution in [2.75, 3.05) is 50.7 Å². The highest BCUT2D eigenvalue weighted by Gasteiger charge is 2.28. The number of morpholine rings is 1. The number of hydrogen-bond acceptors (Lipinski definition) is 16. The summed E-state index contributed by atoms with van der Waals surface area (Å²) >= 11 is 1.05. The Morgan fingerprint density at radius 1 is 0.714 bits per heavy atom. The summed E-state index contributed by atoms with van der Waals surface area (Å²) in [7, 11) is -13.7. The number of anilines is 5. The van der Waals surface area contributed by atoms with Gasteiger partial charge in [0.05, 0.1) is 74.4 Å². The van der Waals surface area contributed by atoms with Gasteiger partial charge in [-0.25, -0.2) is 29.9 Å². The van der Waals surface area contributed by atoms with Gasteiger partial charge in [0.1, 0.15) is 16.4 Å². The van der Waals surface area contributed by atoms with Gasteiger partial charge in [-0.1, -0.05) is 36.4 Å². The molecule has 0 atom stereocenters. The molecule has 70 heavy (non-hydrogen) atoms. The molecule has 2 aromatic heterocycles. The van der Waals surface area contributed by atoms with Crippen LogP contribution in [0.4, 0.5) is 39.1 Å². The van der Waals surface area contributed by atoms with Crippen LogP contribution in [0.5, 0.6) is 11.5 Å². The van der Waals surface area contributed by atoms with Gasteiger partial charge in [-0.3, -0.25) is 19.0 Å². The van der Waals surface area contributed by atoms with Gasteiger partial charge in [0.25, 0.3) is 30.1 Å². The number of aryl methyl sites for hydroxylation is 2. The number of aromatic hydroxyl groups is 2. The molecule has 0 radical (unpaired) electrons. The molecule has 1 amide bonds. The Balaban J connectivity index is 1.03. The van der Waals surface area contributed by atoms with Crippen LogP contribution in [-0.2, 0) is 39.6 Å². The van der Waals surface area contributed by atoms with Crippen molar-refractivity contribution in [3.05, 3.63) is 127 Å². The summed E-state index contributed by atoms with van der Waals surface area (Å²) in [5, 5.41) is 39.0. The molecule has 6 aromatic carbocycles. The highest BCUT2D eigenvalue weighted by atomic mass is 32.2. The number of fused-ring (bicyclic) bond motifs is 2. The number of benzene rings is 6. The maximum Gasteiger partial charge on any atom is 0.264 e. The average molecular weight is 1020 g/mol. The fraction of sp³-hybridized carbons (Fsp3) is 0.152. The number of para-hydroxylation sites is 1. The molecule has 8 aromatic rings. The molecule has 0 saturated carbocycles. The molecule has 3 heterocycles. The number of phenolic OH excluding ortho intramolecular Hbond substituents is 2. The smallest absolute Gasteiger partial charge is 0.264 e. The second-order valence-corrected chi connectivity index (χ2v) is 21.8. The molecule has 24 heteroatoms. The number of nitrogens with one attached hydrogen (secondary N) is 4. The lowest BCUT2D eigenvalue weighted by molar-refractivity contribution is -0.114. The number of carbonyl (C=O) groups is 1. The minimum atomic E-state index is -4.62. The van der Waals surface area contributed by atoms with Crippen molar-refractivity contribution in [2.45, 2.75) is 35.5 Å². The molecule has 1 saturated heterocycles. The Kier molecular flexibility index (Phi) is 12.7. The fourth-order valence-electron chi connectivity index (χ4n) is 7.71. The van der Waals surface area contributed by atoms with E-state index in [2.05, 4.69) is 39.2 Å². The van der Waals surface area contributed by atoms with Crippen LogP contribution in [0.25, 0.3) is 27.5 Å². The molecule has 0 unspecified atom stereocenters. The lowest BCUT2D eigenvalue weighted by Gasteiger charge is -2.30. The summed E-state index contributed by atoms with van der Waals surface area (Å²) in [6, 6.07) is 26.4. The van der Waals surface area contributed by atoms with Crippen LogP contribution >= 0.6 is 11.5 Å². The topological polar surface area (TPSA) is 276 Å². The van der Waals surface area contributed by atoms with Gasteiger partial charge in [-0.05, 0) is 109 Å². The summed E-state index contributed by atoms with van der Waals surface area (Å²) < 4.78 is 104. The van der Waals surface area contributed by atoms with E-state index >= 15 is 0 Å². The van der Waals surface area contributed by atoms with E-state index in [9.17, 15) is 40.3 Å². The first kappa shape index (κ1) is 47.4. The zero-order valence-corrected chi connectivity index (χ0v) is 40.5. The van der Waals surface area contributed by atoms with Crippen LogP contribution in [0, 0.1) is 13.8 Å². The molecule has 0 aliphatic carbocycles. The Bertz CT molecular complexity index is 3750. The quantitative estimate of drug-likeness (QED) is 0.0442. The van der Waals surface area contributed by atoms with Gasteiger partial charge in [0, 0.05) is 30.8 Å². The van der Waals surface area contributed by atoms with Crippen molar-refractivity contribution in [3.8, 4) is 17.2 Å². The van der Waals surface area contributed by atoms with Crippen LogP contribution in [0.3, 0.4) is 0 Å². The van der Waals surface area contributed by atoms with Gasteiger partial charge in [0.2, 0.25) is 5.91 Å². The van der Waals surface area contributed by atoms with Gasteiger partial charge < -0.3 is 25.2 Å². The van der Waals surface area contributed by atoms with Crippen molar-refractivity contribution >= 4 is 108 Å². The summed E-state index contributed by atoms with van der Waals surface area (Å²) in [5.41, 5.74) is 2.71. The van der Waals surface area contributed by atoms with Gasteiger partial charge in [-0.2, -0.15) is 9.47 Å². The van der Waals surface area contributed by atoms with Crippen LogP contribution in [0.2, 0.25) is 0 Å². The van der Waals surface area contributed by atoms with E-state index < -0.39 is 45.8 Å². The summed E-state index contributed by atoms with van der Waals surface area (Å²) in [4.78, 5) is 12.7. The first-order valence-electron chi connectivity index (χ1n) is 21.2. The second-order valence-electron chi connectivity index (χ2n) is 16.0. The van der Waals surface area contributed by atoms with Gasteiger partial charge in [-0.15, -0.1) is 10.2 Å². The molecule has 0 bridgehead atoms. The normalized spacial score (nSPS) is 13.5. The van der Waals surface area contributed by atoms with E-state index in [1.54, 1.807) is 29.6 Å². The molecule has 20 nitrogen and oxygen atoms in total. The summed E-state index contributed by atoms with van der Waals surface area (Å²) in [5.74, 6) is -1.19. The number of amides is 1. The Morgan fingerprint density at radius 3 is 2.13 bits per heavy atom. The molecule has 1 aliphatic heterocycles. The molecular formula is C46H42N10O10S4. The third-order valence-corrected chi connectivity index (χ3v) is 16.1. The molecule has 1 aliphatic rings. The van der Waals surface area contributed by atoms with E-state index in [-0.39, 0.29) is 61.3 Å². The zero-order valence-electron chi connectivity index (χ0n) is 37.3. The number of rotatable bonds is 14. The van der Waals surface area contributed by atoms with Crippen molar-refractivity contribution in [1.29, 1.82) is 0 Å². The monoisotopic (exact) mass is 1020 g/mol. The predicted octanol–water partition coefficient (Wildman–Crippen LogP) is 8.28. The van der Waals surface area contributed by atoms with E-state index in [1.807, 2.05) is 30.3 Å². The molecule has 9 rings (SSSR count). The lowest BCUT2D eigenvalue weighted by Crippen LogP contribution is -2.37. The third kappa shape index (κ3) is 9.53. The fourth-order valence-corrected chi connectivity index (χ4v) is 12.0. The van der Waals surface area contributed by atoms with Crippen LogP contribution < -0.4 is 24.4 Å². The average Bonchev–Trinajstić information content (AvgIpc) is 3.94. The Hall–Kier alpha value is -7.64. The van der Waals surface area contributed by atoms with E-state index in [4.69, 9.17) is 4.74 Å². The molecule has 360 valence electrons. The molecule has 1 fully saturated rings. The van der Waals surface area contributed by atoms with Gasteiger partial charge in [0.15, 0.2) is 10.6 Å². The SMILES string of the molecule is CC(=O)Nc1cc(N=Nc2snc3c2cnn3-c2ccccc2)c2c(NS(=O)(=O)c3cccc(S(=O)(=O)Nc4ccc(N5CCOCC5)c(S(=O)(=O)Nc5cc(C)c(C)cc5O)c4)c3)cccc2c1O. The lowest BCUT2D eigenvalue weighted by atomic mass is 10.0. The number of ether oxygens (including phenoxy) is 1. The summed E-state index contributed by atoms with van der Waals surface area (Å²) in [6.45, 7) is 6.11. The first-order chi connectivity index (χ1) is 33.4. The molecule has 0 spiro atoms. The Labute approximate surface area is 405 Å². The third-order valence-electron chi connectivity index (χ3n) is 11.2. The number of azo groups is 1. The van der Waals surface area contributed by atoms with Crippen LogP contribution in [-0.4, -0.2) is 81.8 Å². The highest BCUT2D eigenvalue weighted by molar-refractivity contribution is 7.93. The van der Waals surface area contributed by atoms with Crippen molar-refractivity contribution in [3.63, 3.8) is 0 Å². The van der Waals surface area contributed by atoms with Crippen LogP contribution in [0.1, 0.15) is 18.1 Å². The standard InChI is InChI=1S/C46H42N10O10S4/c1-27-21-37(41(58)22-28(27)2)54-70(64,65)42-23-30(15-16-40(42)55-17-19-66-20-18-55)52-68(60,61)32-11-7-12-33(24-32)69(62,63)53-36-14-8-13-34-43(36)38(25-39(44(34)59)48-29(3)57)49-50-46-35-26-47-56(45(35)51-67-46)31-9-5-4-6-10-31/h4-16,21-26,52-54,58-59H,17-20H2,1-3H3,(H,48,57). The van der Waals surface area contributed by atoms with Crippen LogP contribution in [0.15, 0.2) is 140 Å². The largest absolute Gasteiger partial charge is 0.506 e. The maximum atomic E-state index is 14.2. The van der Waals surface area contributed by atoms with Gasteiger partial charge >= 0.3 is 0 Å². The molecule has 6 N–H and O–H groups in total. The minimum absolute atomic E-state index is 0.0249. The van der Waals surface area contributed by atoms with E-state index in [1.165, 1.54) is 73.7 Å². The summed E-state index contributed by atoms with van der Waals surface area (Å²) in [6.07, 6.45) is 1.59. The number of hydrogen-bond donors (Lipinski definition) is 6. The first-order valence-corrected chi connectivity index (χ1v) is 26.4. The highest BCUT2D eigenvalue weighted by Crippen LogP contribution is 2.45. The number of phenols is 2. The van der Waals surface area contributed by atoms with E-state index in [0.717, 1.165) is 34.9 Å². The number of carbonyl (C=O) groups excluding carboxylic acids is 1. The number of nitrogens with zero attached hydrogens (tertiary/aromatic N) is 6.